The molecule has 0 spiro atoms. The van der Waals surface area contributed by atoms with E-state index in [2.05, 4.69) is 39.3 Å². The fourth-order valence-electron chi connectivity index (χ4n) is 1.93. The number of nitrogens with zero attached hydrogens (tertiary/aromatic N) is 3. The fourth-order valence-corrected chi connectivity index (χ4v) is 2.08. The number of hydrogen-bond acceptors (Lipinski definition) is 5. The van der Waals surface area contributed by atoms with Crippen molar-refractivity contribution in [3.63, 3.8) is 0 Å². The number of ether oxygens (including phenoxy) is 1. The monoisotopic (exact) mass is 268 g/mol. The van der Waals surface area contributed by atoms with Gasteiger partial charge in [0.15, 0.2) is 0 Å². The molecule has 6 heteroatoms. The molecule has 98 valence electrons. The van der Waals surface area contributed by atoms with Crippen LogP contribution in [0.3, 0.4) is 0 Å². The van der Waals surface area contributed by atoms with Crippen molar-refractivity contribution in [1.29, 1.82) is 0 Å². The van der Waals surface area contributed by atoms with Crippen LogP contribution in [0.5, 0.6) is 6.01 Å². The summed E-state index contributed by atoms with van der Waals surface area (Å²) in [6.45, 7) is 2.84. The number of rotatable bonds is 4. The highest BCUT2D eigenvalue weighted by molar-refractivity contribution is 6.28. The van der Waals surface area contributed by atoms with Crippen LogP contribution in [-0.4, -0.2) is 28.6 Å². The number of halogens is 1. The van der Waals surface area contributed by atoms with Crippen LogP contribution < -0.4 is 10.1 Å². The second kappa shape index (κ2) is 6.00. The maximum Gasteiger partial charge on any atom is 0.322 e. The van der Waals surface area contributed by atoms with Crippen LogP contribution in [0.4, 0.5) is 5.95 Å². The summed E-state index contributed by atoms with van der Waals surface area (Å²) >= 11 is 5.79. The first-order valence-corrected chi connectivity index (χ1v) is 6.44. The highest BCUT2D eigenvalue weighted by Crippen LogP contribution is 2.25. The average Bonchev–Trinajstić information content (AvgIpc) is 2.37. The Kier molecular flexibility index (Phi) is 4.36. The summed E-state index contributed by atoms with van der Waals surface area (Å²) in [5.74, 6) is 1.54. The predicted molar refractivity (Wildman–Crippen MR) is 70.9 cm³/mol. The highest BCUT2D eigenvalue weighted by atomic mass is 35.5. The van der Waals surface area contributed by atoms with Crippen molar-refractivity contribution in [2.75, 3.05) is 19.0 Å². The van der Waals surface area contributed by atoms with Gasteiger partial charge in [-0.25, -0.2) is 0 Å². The summed E-state index contributed by atoms with van der Waals surface area (Å²) in [5.41, 5.74) is 0. The number of hydrogen-bond donors (Lipinski definition) is 1. The molecule has 2 rings (SSSR count). The molecule has 0 saturated heterocycles. The zero-order chi connectivity index (χ0) is 13.0. The molecule has 18 heavy (non-hydrogen) atoms. The van der Waals surface area contributed by atoms with Gasteiger partial charge < -0.3 is 10.1 Å². The van der Waals surface area contributed by atoms with E-state index in [1.165, 1.54) is 0 Å². The lowest BCUT2D eigenvalue weighted by Gasteiger charge is -2.24. The van der Waals surface area contributed by atoms with Crippen LogP contribution in [0, 0.1) is 11.8 Å². The van der Waals surface area contributed by atoms with Crippen molar-refractivity contribution in [3.05, 3.63) is 17.4 Å². The van der Waals surface area contributed by atoms with Gasteiger partial charge in [0.25, 0.3) is 0 Å². The van der Waals surface area contributed by atoms with Crippen LogP contribution in [0.1, 0.15) is 19.8 Å². The lowest BCUT2D eigenvalue weighted by atomic mass is 9.85. The molecule has 0 fully saturated rings. The van der Waals surface area contributed by atoms with Gasteiger partial charge in [0.05, 0.1) is 6.61 Å². The van der Waals surface area contributed by atoms with Crippen molar-refractivity contribution in [2.24, 2.45) is 11.8 Å². The Balaban J connectivity index is 1.97. The summed E-state index contributed by atoms with van der Waals surface area (Å²) in [6.07, 6.45) is 6.57. The number of aromatic nitrogens is 3. The molecule has 0 amide bonds. The maximum absolute atomic E-state index is 5.79. The molecule has 0 radical (unpaired) electrons. The van der Waals surface area contributed by atoms with E-state index in [4.69, 9.17) is 16.3 Å². The quantitative estimate of drug-likeness (QED) is 0.851. The topological polar surface area (TPSA) is 59.9 Å². The van der Waals surface area contributed by atoms with Crippen molar-refractivity contribution in [2.45, 2.75) is 19.8 Å². The van der Waals surface area contributed by atoms with Gasteiger partial charge in [-0.1, -0.05) is 19.1 Å². The van der Waals surface area contributed by atoms with Gasteiger partial charge in [0, 0.05) is 7.05 Å². The van der Waals surface area contributed by atoms with E-state index in [0.717, 1.165) is 12.8 Å². The van der Waals surface area contributed by atoms with Gasteiger partial charge in [0.1, 0.15) is 0 Å². The van der Waals surface area contributed by atoms with E-state index < -0.39 is 0 Å². The molecule has 1 aromatic heterocycles. The lowest BCUT2D eigenvalue weighted by Crippen LogP contribution is -2.21. The van der Waals surface area contributed by atoms with Crippen LogP contribution in [-0.2, 0) is 0 Å². The zero-order valence-electron chi connectivity index (χ0n) is 10.6. The molecule has 1 aliphatic carbocycles. The van der Waals surface area contributed by atoms with Crippen LogP contribution >= 0.6 is 11.6 Å². The normalized spacial score (nSPS) is 22.8. The molecular formula is C12H17ClN4O. The van der Waals surface area contributed by atoms with E-state index in [-0.39, 0.29) is 11.3 Å². The van der Waals surface area contributed by atoms with Crippen LogP contribution in [0.15, 0.2) is 12.2 Å². The van der Waals surface area contributed by atoms with Crippen LogP contribution in [0.25, 0.3) is 0 Å². The van der Waals surface area contributed by atoms with Gasteiger partial charge in [-0.2, -0.15) is 15.0 Å². The second-order valence-corrected chi connectivity index (χ2v) is 4.79. The van der Waals surface area contributed by atoms with Gasteiger partial charge in [-0.3, -0.25) is 0 Å². The van der Waals surface area contributed by atoms with Gasteiger partial charge in [-0.15, -0.1) is 0 Å². The molecule has 5 nitrogen and oxygen atoms in total. The molecule has 0 bridgehead atoms. The van der Waals surface area contributed by atoms with E-state index in [0.29, 0.717) is 24.4 Å². The third kappa shape index (κ3) is 3.32. The standard InChI is InChI=1S/C12H17ClN4O/c1-8-5-3-4-6-9(8)7-18-12-16-10(13)15-11(14-2)17-12/h3-4,8-9H,5-7H2,1-2H3,(H,14,15,16,17). The Morgan fingerprint density at radius 1 is 1.33 bits per heavy atom. The maximum atomic E-state index is 5.79. The number of nitrogens with one attached hydrogen (secondary N) is 1. The Morgan fingerprint density at radius 3 is 2.83 bits per heavy atom. The predicted octanol–water partition coefficient (Wildman–Crippen LogP) is 2.55. The first-order chi connectivity index (χ1) is 8.69. The zero-order valence-corrected chi connectivity index (χ0v) is 11.3. The Labute approximate surface area is 112 Å². The third-order valence-electron chi connectivity index (χ3n) is 3.16. The smallest absolute Gasteiger partial charge is 0.322 e. The first kappa shape index (κ1) is 13.1. The minimum absolute atomic E-state index is 0.140. The number of allylic oxidation sites excluding steroid dienone is 2. The molecule has 1 aromatic rings. The minimum Gasteiger partial charge on any atom is -0.463 e. The Hall–Kier alpha value is -1.36. The lowest BCUT2D eigenvalue weighted by molar-refractivity contribution is 0.186. The van der Waals surface area contributed by atoms with E-state index in [1.807, 2.05) is 0 Å². The second-order valence-electron chi connectivity index (χ2n) is 4.45. The molecule has 0 aromatic carbocycles. The summed E-state index contributed by atoms with van der Waals surface area (Å²) in [7, 11) is 1.73. The van der Waals surface area contributed by atoms with Gasteiger partial charge in [-0.05, 0) is 36.3 Å². The molecule has 1 N–H and O–H groups in total. The van der Waals surface area contributed by atoms with Crippen molar-refractivity contribution >= 4 is 17.5 Å². The van der Waals surface area contributed by atoms with Crippen molar-refractivity contribution in [1.82, 2.24) is 15.0 Å². The summed E-state index contributed by atoms with van der Waals surface area (Å²) < 4.78 is 5.62. The molecule has 2 atom stereocenters. The highest BCUT2D eigenvalue weighted by Gasteiger charge is 2.19. The van der Waals surface area contributed by atoms with Crippen molar-refractivity contribution in [3.8, 4) is 6.01 Å². The van der Waals surface area contributed by atoms with Crippen molar-refractivity contribution < 1.29 is 4.74 Å². The summed E-state index contributed by atoms with van der Waals surface area (Å²) in [5, 5.41) is 2.96. The molecule has 2 unspecified atom stereocenters. The summed E-state index contributed by atoms with van der Waals surface area (Å²) in [6, 6.07) is 0.279. The van der Waals surface area contributed by atoms with Crippen LogP contribution in [0.2, 0.25) is 5.28 Å². The fraction of sp³-hybridized carbons (Fsp3) is 0.583. The van der Waals surface area contributed by atoms with Gasteiger partial charge >= 0.3 is 6.01 Å². The Bertz CT molecular complexity index is 438. The molecule has 1 heterocycles. The molecule has 1 aliphatic rings. The van der Waals surface area contributed by atoms with E-state index >= 15 is 0 Å². The minimum atomic E-state index is 0.140. The number of anilines is 1. The molecule has 0 aliphatic heterocycles. The van der Waals surface area contributed by atoms with E-state index in [9.17, 15) is 0 Å². The average molecular weight is 269 g/mol. The molecular weight excluding hydrogens is 252 g/mol. The first-order valence-electron chi connectivity index (χ1n) is 6.06. The summed E-state index contributed by atoms with van der Waals surface area (Å²) in [4.78, 5) is 12.0. The SMILES string of the molecule is CNc1nc(Cl)nc(OCC2CC=CCC2C)n1. The van der Waals surface area contributed by atoms with Gasteiger partial charge in [0.2, 0.25) is 11.2 Å². The molecule has 0 saturated carbocycles. The largest absolute Gasteiger partial charge is 0.463 e. The Morgan fingerprint density at radius 2 is 2.11 bits per heavy atom. The van der Waals surface area contributed by atoms with E-state index in [1.54, 1.807) is 7.05 Å². The third-order valence-corrected chi connectivity index (χ3v) is 3.32.